The predicted octanol–water partition coefficient (Wildman–Crippen LogP) is 4.04. The monoisotopic (exact) mass is 517 g/mol. The van der Waals surface area contributed by atoms with Crippen molar-refractivity contribution in [2.24, 2.45) is 0 Å². The van der Waals surface area contributed by atoms with Crippen LogP contribution in [-0.4, -0.2) is 72.3 Å². The maximum absolute atomic E-state index is 12.7. The molecule has 9 heteroatoms. The van der Waals surface area contributed by atoms with E-state index in [2.05, 4.69) is 9.88 Å². The van der Waals surface area contributed by atoms with Crippen molar-refractivity contribution in [2.75, 3.05) is 39.4 Å². The summed E-state index contributed by atoms with van der Waals surface area (Å²) < 4.78 is 22.0. The average molecular weight is 518 g/mol. The number of benzene rings is 2. The van der Waals surface area contributed by atoms with Crippen molar-refractivity contribution < 1.29 is 28.2 Å². The van der Waals surface area contributed by atoms with Crippen molar-refractivity contribution in [1.29, 1.82) is 0 Å². The smallest absolute Gasteiger partial charge is 0.417 e. The lowest BCUT2D eigenvalue weighted by Gasteiger charge is -2.27. The van der Waals surface area contributed by atoms with Crippen molar-refractivity contribution in [2.45, 2.75) is 25.6 Å². The summed E-state index contributed by atoms with van der Waals surface area (Å²) in [5.74, 6) is 0.967. The van der Waals surface area contributed by atoms with Crippen LogP contribution in [0.3, 0.4) is 0 Å². The molecular formula is C29H31N3O6. The Morgan fingerprint density at radius 1 is 0.974 bits per heavy atom. The van der Waals surface area contributed by atoms with Crippen LogP contribution in [0.25, 0.3) is 12.2 Å². The number of morpholine rings is 1. The highest BCUT2D eigenvalue weighted by Crippen LogP contribution is 2.20. The largest absolute Gasteiger partial charge is 0.487 e. The van der Waals surface area contributed by atoms with Crippen LogP contribution < -0.4 is 4.74 Å². The van der Waals surface area contributed by atoms with E-state index in [-0.39, 0.29) is 12.5 Å². The molecule has 38 heavy (non-hydrogen) atoms. The van der Waals surface area contributed by atoms with Gasteiger partial charge in [0.2, 0.25) is 5.89 Å². The molecule has 1 atom stereocenters. The predicted molar refractivity (Wildman–Crippen MR) is 140 cm³/mol. The zero-order valence-corrected chi connectivity index (χ0v) is 21.2. The number of aromatic nitrogens is 1. The molecule has 2 aliphatic heterocycles. The van der Waals surface area contributed by atoms with E-state index < -0.39 is 12.2 Å². The quantitative estimate of drug-likeness (QED) is 0.376. The summed E-state index contributed by atoms with van der Waals surface area (Å²) in [5, 5.41) is 0. The van der Waals surface area contributed by atoms with Gasteiger partial charge in [0.25, 0.3) is 5.91 Å². The third kappa shape index (κ3) is 6.87. The number of nitrogens with zero attached hydrogens (tertiary/aromatic N) is 3. The van der Waals surface area contributed by atoms with Crippen LogP contribution in [0, 0.1) is 0 Å². The molecule has 0 N–H and O–H groups in total. The lowest BCUT2D eigenvalue weighted by molar-refractivity contribution is -0.130. The lowest BCUT2D eigenvalue weighted by atomic mass is 10.1. The molecule has 5 rings (SSSR count). The van der Waals surface area contributed by atoms with Gasteiger partial charge in [0.1, 0.15) is 24.3 Å². The molecule has 0 saturated carbocycles. The first kappa shape index (κ1) is 25.7. The van der Waals surface area contributed by atoms with Crippen LogP contribution in [-0.2, 0) is 27.3 Å². The Morgan fingerprint density at radius 2 is 1.76 bits per heavy atom. The van der Waals surface area contributed by atoms with Crippen molar-refractivity contribution >= 4 is 24.2 Å². The molecule has 2 fully saturated rings. The number of carbonyl (C=O) groups excluding carboxylic acids is 2. The summed E-state index contributed by atoms with van der Waals surface area (Å²) in [6.45, 7) is 4.25. The summed E-state index contributed by atoms with van der Waals surface area (Å²) >= 11 is 0. The summed E-state index contributed by atoms with van der Waals surface area (Å²) in [7, 11) is 0. The van der Waals surface area contributed by atoms with Gasteiger partial charge in [-0.15, -0.1) is 0 Å². The average Bonchev–Trinajstić information content (AvgIpc) is 3.53. The summed E-state index contributed by atoms with van der Waals surface area (Å²) in [5.41, 5.74) is 2.80. The number of hydrogen-bond acceptors (Lipinski definition) is 8. The summed E-state index contributed by atoms with van der Waals surface area (Å²) in [6.07, 6.45) is 5.12. The van der Waals surface area contributed by atoms with E-state index in [0.29, 0.717) is 56.5 Å². The van der Waals surface area contributed by atoms with Crippen molar-refractivity contribution in [3.8, 4) is 5.75 Å². The third-order valence-corrected chi connectivity index (χ3v) is 6.54. The Labute approximate surface area is 221 Å². The number of amides is 2. The van der Waals surface area contributed by atoms with E-state index in [1.807, 2.05) is 66.7 Å². The van der Waals surface area contributed by atoms with Crippen molar-refractivity contribution in [3.05, 3.63) is 83.6 Å². The van der Waals surface area contributed by atoms with E-state index in [1.165, 1.54) is 4.90 Å². The van der Waals surface area contributed by atoms with E-state index in [1.54, 1.807) is 6.26 Å². The highest BCUT2D eigenvalue weighted by atomic mass is 16.6. The number of hydrogen-bond donors (Lipinski definition) is 0. The molecule has 0 aliphatic carbocycles. The fraction of sp³-hybridized carbons (Fsp3) is 0.345. The van der Waals surface area contributed by atoms with Crippen LogP contribution in [0.15, 0.2) is 65.3 Å². The van der Waals surface area contributed by atoms with Gasteiger partial charge in [-0.1, -0.05) is 42.5 Å². The number of ether oxygens (including phenoxy) is 3. The zero-order chi connectivity index (χ0) is 26.2. The van der Waals surface area contributed by atoms with Crippen LogP contribution >= 0.6 is 0 Å². The van der Waals surface area contributed by atoms with Crippen LogP contribution in [0.1, 0.15) is 29.1 Å². The van der Waals surface area contributed by atoms with Gasteiger partial charge in [0.15, 0.2) is 6.10 Å². The first-order valence-electron chi connectivity index (χ1n) is 12.9. The Bertz CT molecular complexity index is 1230. The third-order valence-electron chi connectivity index (χ3n) is 6.54. The number of cyclic esters (lactones) is 1. The van der Waals surface area contributed by atoms with Gasteiger partial charge in [-0.25, -0.2) is 14.7 Å². The van der Waals surface area contributed by atoms with Crippen molar-refractivity contribution in [1.82, 2.24) is 14.8 Å². The number of rotatable bonds is 11. The number of imide groups is 1. The Morgan fingerprint density at radius 3 is 2.55 bits per heavy atom. The molecule has 0 bridgehead atoms. The van der Waals surface area contributed by atoms with Gasteiger partial charge in [-0.2, -0.15) is 0 Å². The minimum absolute atomic E-state index is 0.256. The van der Waals surface area contributed by atoms with Crippen molar-refractivity contribution in [3.63, 3.8) is 0 Å². The number of oxazole rings is 1. The topological polar surface area (TPSA) is 94.3 Å². The second kappa shape index (κ2) is 12.5. The van der Waals surface area contributed by atoms with Crippen LogP contribution in [0.5, 0.6) is 5.75 Å². The molecule has 1 aromatic heterocycles. The Balaban J connectivity index is 1.05. The fourth-order valence-corrected chi connectivity index (χ4v) is 4.35. The molecule has 0 radical (unpaired) electrons. The molecule has 198 valence electrons. The molecule has 3 aromatic rings. The second-order valence-corrected chi connectivity index (χ2v) is 9.21. The molecule has 0 spiro atoms. The molecule has 2 amide bonds. The molecule has 1 unspecified atom stereocenters. The van der Waals surface area contributed by atoms with Gasteiger partial charge in [-0.3, -0.25) is 9.69 Å². The second-order valence-electron chi connectivity index (χ2n) is 9.21. The normalized spacial score (nSPS) is 18.3. The minimum atomic E-state index is -0.736. The number of aryl methyl sites for hydroxylation is 1. The molecule has 9 nitrogen and oxygen atoms in total. The Kier molecular flexibility index (Phi) is 8.47. The van der Waals surface area contributed by atoms with Gasteiger partial charge in [0.05, 0.1) is 13.2 Å². The highest BCUT2D eigenvalue weighted by Gasteiger charge is 2.40. The first-order valence-corrected chi connectivity index (χ1v) is 12.9. The van der Waals surface area contributed by atoms with E-state index in [9.17, 15) is 9.59 Å². The van der Waals surface area contributed by atoms with Gasteiger partial charge in [-0.05, 0) is 42.2 Å². The highest BCUT2D eigenvalue weighted by molar-refractivity contribution is 6.00. The molecule has 2 aliphatic rings. The van der Waals surface area contributed by atoms with E-state index in [0.717, 1.165) is 24.2 Å². The summed E-state index contributed by atoms with van der Waals surface area (Å²) in [6, 6.07) is 17.6. The van der Waals surface area contributed by atoms with E-state index in [4.69, 9.17) is 18.6 Å². The van der Waals surface area contributed by atoms with Crippen LogP contribution in [0.4, 0.5) is 4.79 Å². The maximum atomic E-state index is 12.7. The molecule has 2 saturated heterocycles. The minimum Gasteiger partial charge on any atom is -0.487 e. The van der Waals surface area contributed by atoms with Crippen LogP contribution in [0.2, 0.25) is 0 Å². The first-order chi connectivity index (χ1) is 18.6. The number of carbonyl (C=O) groups is 2. The standard InChI is InChI=1S/C29H31N3O6/c33-28-26(38-29(34)32(28)15-14-31-16-18-35-19-17-31)12-8-23-6-10-25(11-7-23)36-20-24-21-37-27(30-24)13-9-22-4-2-1-3-5-22/h1-7,9-11,13,21,26H,8,12,14-20H2. The molecule has 3 heterocycles. The summed E-state index contributed by atoms with van der Waals surface area (Å²) in [4.78, 5) is 32.8. The fourth-order valence-electron chi connectivity index (χ4n) is 4.35. The van der Waals surface area contributed by atoms with Gasteiger partial charge < -0.3 is 18.6 Å². The maximum Gasteiger partial charge on any atom is 0.417 e. The SMILES string of the molecule is O=C1OC(CCc2ccc(OCc3coc(C=Cc4ccccc4)n3)cc2)C(=O)N1CCN1CCOCC1. The van der Waals surface area contributed by atoms with E-state index >= 15 is 0 Å². The lowest BCUT2D eigenvalue weighted by Crippen LogP contribution is -2.43. The van der Waals surface area contributed by atoms with Gasteiger partial charge in [0, 0.05) is 32.3 Å². The van der Waals surface area contributed by atoms with Gasteiger partial charge >= 0.3 is 6.09 Å². The molecule has 2 aromatic carbocycles. The zero-order valence-electron chi connectivity index (χ0n) is 21.2. The Hall–Kier alpha value is -3.95. The molecular weight excluding hydrogens is 486 g/mol.